The van der Waals surface area contributed by atoms with Crippen molar-refractivity contribution in [2.24, 2.45) is 16.8 Å². The molecule has 0 aromatic rings. The fourth-order valence-corrected chi connectivity index (χ4v) is 2.79. The topological polar surface area (TPSA) is 132 Å². The molecule has 1 amide bonds. The summed E-state index contributed by atoms with van der Waals surface area (Å²) < 4.78 is 0. The van der Waals surface area contributed by atoms with Gasteiger partial charge in [0, 0.05) is 11.3 Å². The van der Waals surface area contributed by atoms with Gasteiger partial charge in [-0.2, -0.15) is 0 Å². The minimum Gasteiger partial charge on any atom is -0.393 e. The van der Waals surface area contributed by atoms with Gasteiger partial charge in [-0.05, 0) is 24.3 Å². The molecular formula is C13H24N4O3. The van der Waals surface area contributed by atoms with E-state index in [2.05, 4.69) is 10.0 Å². The van der Waals surface area contributed by atoms with E-state index in [0.717, 1.165) is 6.42 Å². The summed E-state index contributed by atoms with van der Waals surface area (Å²) in [6.45, 7) is -0.445. The number of nitrogens with two attached hydrogens (primary N) is 1. The van der Waals surface area contributed by atoms with Crippen molar-refractivity contribution in [3.05, 3.63) is 10.4 Å². The third-order valence-corrected chi connectivity index (χ3v) is 4.06. The van der Waals surface area contributed by atoms with Gasteiger partial charge in [0.2, 0.25) is 5.91 Å². The maximum atomic E-state index is 11.2. The van der Waals surface area contributed by atoms with Crippen LogP contribution in [0.1, 0.15) is 51.4 Å². The highest BCUT2D eigenvalue weighted by Gasteiger charge is 2.35. The van der Waals surface area contributed by atoms with Crippen molar-refractivity contribution in [3.8, 4) is 0 Å². The number of carbonyl (C=O) groups is 1. The van der Waals surface area contributed by atoms with Gasteiger partial charge < -0.3 is 15.9 Å². The molecule has 114 valence electrons. The first kappa shape index (κ1) is 16.8. The van der Waals surface area contributed by atoms with Crippen LogP contribution >= 0.6 is 0 Å². The van der Waals surface area contributed by atoms with Crippen LogP contribution in [-0.4, -0.2) is 34.4 Å². The molecule has 0 aromatic carbocycles. The van der Waals surface area contributed by atoms with Crippen molar-refractivity contribution < 1.29 is 15.0 Å². The van der Waals surface area contributed by atoms with Crippen molar-refractivity contribution in [2.45, 2.75) is 63.1 Å². The highest BCUT2D eigenvalue weighted by atomic mass is 16.3. The second-order valence-corrected chi connectivity index (χ2v) is 5.72. The minimum absolute atomic E-state index is 0.186. The van der Waals surface area contributed by atoms with E-state index in [0.29, 0.717) is 12.3 Å². The molecule has 1 rings (SSSR count). The minimum atomic E-state index is -1.96. The number of carbonyl (C=O) groups excluding carboxylic acids is 1. The van der Waals surface area contributed by atoms with Crippen molar-refractivity contribution >= 4 is 5.91 Å². The van der Waals surface area contributed by atoms with E-state index < -0.39 is 24.2 Å². The van der Waals surface area contributed by atoms with E-state index in [4.69, 9.17) is 11.3 Å². The summed E-state index contributed by atoms with van der Waals surface area (Å²) in [5.74, 6) is -0.348. The van der Waals surface area contributed by atoms with Crippen molar-refractivity contribution in [2.75, 3.05) is 6.54 Å². The van der Waals surface area contributed by atoms with Crippen LogP contribution in [0.25, 0.3) is 10.4 Å². The average molecular weight is 284 g/mol. The fraction of sp³-hybridized carbons (Fsp3) is 0.923. The number of amides is 1. The highest BCUT2D eigenvalue weighted by molar-refractivity contribution is 5.83. The zero-order valence-corrected chi connectivity index (χ0v) is 11.7. The molecule has 0 bridgehead atoms. The molecule has 7 nitrogen and oxygen atoms in total. The molecule has 2 unspecified atom stereocenters. The number of primary amides is 1. The predicted octanol–water partition coefficient (Wildman–Crippen LogP) is 1.62. The quantitative estimate of drug-likeness (QED) is 0.355. The largest absolute Gasteiger partial charge is 0.393 e. The van der Waals surface area contributed by atoms with Gasteiger partial charge in [-0.3, -0.25) is 4.79 Å². The van der Waals surface area contributed by atoms with Crippen molar-refractivity contribution in [3.63, 3.8) is 0 Å². The van der Waals surface area contributed by atoms with Crippen molar-refractivity contribution in [1.82, 2.24) is 0 Å². The third-order valence-electron chi connectivity index (χ3n) is 4.06. The Bertz CT molecular complexity index is 365. The molecule has 7 heteroatoms. The van der Waals surface area contributed by atoms with Gasteiger partial charge in [0.05, 0.1) is 12.6 Å². The van der Waals surface area contributed by atoms with E-state index in [1.807, 2.05) is 0 Å². The molecule has 4 N–H and O–H groups in total. The number of aliphatic hydroxyl groups is 2. The van der Waals surface area contributed by atoms with Gasteiger partial charge in [0.25, 0.3) is 0 Å². The number of hydrogen-bond donors (Lipinski definition) is 3. The van der Waals surface area contributed by atoms with Crippen LogP contribution in [0, 0.1) is 5.92 Å². The molecule has 0 saturated heterocycles. The molecule has 0 aliphatic heterocycles. The molecule has 1 aliphatic rings. The SMILES string of the molecule is [N-]=[N+]=NCC(O)(CC(O)CCC1CCCCC1)C(N)=O. The van der Waals surface area contributed by atoms with Crippen LogP contribution in [0.5, 0.6) is 0 Å². The normalized spacial score (nSPS) is 20.7. The molecule has 1 fully saturated rings. The number of aliphatic hydroxyl groups excluding tert-OH is 1. The summed E-state index contributed by atoms with van der Waals surface area (Å²) in [4.78, 5) is 13.8. The van der Waals surface area contributed by atoms with Gasteiger partial charge in [-0.15, -0.1) is 0 Å². The average Bonchev–Trinajstić information content (AvgIpc) is 2.44. The molecule has 1 aliphatic carbocycles. The number of rotatable bonds is 8. The lowest BCUT2D eigenvalue weighted by Gasteiger charge is -2.27. The Hall–Kier alpha value is -1.30. The zero-order chi connectivity index (χ0) is 15.0. The lowest BCUT2D eigenvalue weighted by atomic mass is 9.84. The molecule has 0 heterocycles. The van der Waals surface area contributed by atoms with Crippen LogP contribution in [-0.2, 0) is 4.79 Å². The van der Waals surface area contributed by atoms with Gasteiger partial charge >= 0.3 is 0 Å². The smallest absolute Gasteiger partial charge is 0.249 e. The van der Waals surface area contributed by atoms with Gasteiger partial charge in [0.15, 0.2) is 5.60 Å². The number of hydrogen-bond acceptors (Lipinski definition) is 4. The summed E-state index contributed by atoms with van der Waals surface area (Å²) in [5, 5.41) is 23.2. The van der Waals surface area contributed by atoms with Gasteiger partial charge in [0.1, 0.15) is 0 Å². The lowest BCUT2D eigenvalue weighted by Crippen LogP contribution is -2.48. The third kappa shape index (κ3) is 5.36. The first-order valence-electron chi connectivity index (χ1n) is 7.19. The number of azide groups is 1. The molecule has 20 heavy (non-hydrogen) atoms. The molecule has 0 radical (unpaired) electrons. The molecular weight excluding hydrogens is 260 g/mol. The summed E-state index contributed by atoms with van der Waals surface area (Å²) >= 11 is 0. The highest BCUT2D eigenvalue weighted by Crippen LogP contribution is 2.28. The van der Waals surface area contributed by atoms with E-state index in [9.17, 15) is 15.0 Å². The first-order chi connectivity index (χ1) is 9.48. The lowest BCUT2D eigenvalue weighted by molar-refractivity contribution is -0.138. The predicted molar refractivity (Wildman–Crippen MR) is 74.6 cm³/mol. The van der Waals surface area contributed by atoms with Crippen LogP contribution in [0.15, 0.2) is 5.11 Å². The van der Waals surface area contributed by atoms with E-state index in [1.54, 1.807) is 0 Å². The standard InChI is InChI=1S/C13H24N4O3/c14-12(19)13(20,9-16-17-15)8-11(18)7-6-10-4-2-1-3-5-10/h10-11,18,20H,1-9H2,(H2,14,19). The second-order valence-electron chi connectivity index (χ2n) is 5.72. The van der Waals surface area contributed by atoms with Crippen LogP contribution in [0.4, 0.5) is 0 Å². The second kappa shape index (κ2) is 8.09. The van der Waals surface area contributed by atoms with Gasteiger partial charge in [-0.1, -0.05) is 37.2 Å². The van der Waals surface area contributed by atoms with Crippen molar-refractivity contribution in [1.29, 1.82) is 0 Å². The zero-order valence-electron chi connectivity index (χ0n) is 11.7. The Morgan fingerprint density at radius 3 is 2.65 bits per heavy atom. The molecule has 1 saturated carbocycles. The summed E-state index contributed by atoms with van der Waals surface area (Å²) in [7, 11) is 0. The van der Waals surface area contributed by atoms with E-state index >= 15 is 0 Å². The Balaban J connectivity index is 2.42. The van der Waals surface area contributed by atoms with Crippen LogP contribution < -0.4 is 5.73 Å². The van der Waals surface area contributed by atoms with Crippen LogP contribution in [0.2, 0.25) is 0 Å². The number of nitrogens with zero attached hydrogens (tertiary/aromatic N) is 3. The van der Waals surface area contributed by atoms with Crippen LogP contribution in [0.3, 0.4) is 0 Å². The Kier molecular flexibility index (Phi) is 6.78. The van der Waals surface area contributed by atoms with E-state index in [1.165, 1.54) is 32.1 Å². The molecule has 0 spiro atoms. The monoisotopic (exact) mass is 284 g/mol. The maximum Gasteiger partial charge on any atom is 0.249 e. The fourth-order valence-electron chi connectivity index (χ4n) is 2.79. The Morgan fingerprint density at radius 1 is 1.45 bits per heavy atom. The molecule has 2 atom stereocenters. The van der Waals surface area contributed by atoms with E-state index in [-0.39, 0.29) is 6.42 Å². The van der Waals surface area contributed by atoms with Gasteiger partial charge in [-0.25, -0.2) is 0 Å². The molecule has 0 aromatic heterocycles. The summed E-state index contributed by atoms with van der Waals surface area (Å²) in [6.07, 6.45) is 6.54. The summed E-state index contributed by atoms with van der Waals surface area (Å²) in [6, 6.07) is 0. The summed E-state index contributed by atoms with van der Waals surface area (Å²) in [5.41, 5.74) is 11.4. The Morgan fingerprint density at radius 2 is 2.10 bits per heavy atom. The first-order valence-corrected chi connectivity index (χ1v) is 7.19. The Labute approximate surface area is 118 Å². The maximum absolute atomic E-state index is 11.2.